The Bertz CT molecular complexity index is 233. The molecule has 2 nitrogen and oxygen atoms in total. The van der Waals surface area contributed by atoms with Crippen LogP contribution >= 0.6 is 11.3 Å². The zero-order valence-electron chi connectivity index (χ0n) is 6.70. The summed E-state index contributed by atoms with van der Waals surface area (Å²) in [7, 11) is 0.744. The first-order chi connectivity index (χ1) is 5.14. The number of carbonyl (C=O) groups is 1. The molecular formula is C7H10BNOS. The van der Waals surface area contributed by atoms with E-state index in [1.54, 1.807) is 17.5 Å². The summed E-state index contributed by atoms with van der Waals surface area (Å²) in [6.45, 7) is 3.84. The second-order valence-electron chi connectivity index (χ2n) is 3.21. The number of aromatic nitrogens is 1. The van der Waals surface area contributed by atoms with Crippen molar-refractivity contribution in [2.45, 2.75) is 19.2 Å². The molecule has 0 bridgehead atoms. The van der Waals surface area contributed by atoms with E-state index in [-0.39, 0.29) is 5.31 Å². The molecule has 1 aromatic heterocycles. The quantitative estimate of drug-likeness (QED) is 0.487. The van der Waals surface area contributed by atoms with Gasteiger partial charge in [0.25, 0.3) is 0 Å². The number of carbonyl (C=O) groups excluding carboxylic acids is 1. The molecule has 4 heteroatoms. The van der Waals surface area contributed by atoms with Crippen LogP contribution < -0.4 is 4.91 Å². The van der Waals surface area contributed by atoms with Gasteiger partial charge in [-0.15, -0.1) is 11.3 Å². The fourth-order valence-corrected chi connectivity index (χ4v) is 1.63. The van der Waals surface area contributed by atoms with E-state index in [1.807, 2.05) is 19.2 Å². The van der Waals surface area contributed by atoms with Crippen molar-refractivity contribution in [2.24, 2.45) is 0 Å². The predicted octanol–water partition coefficient (Wildman–Crippen LogP) is 0.602. The minimum Gasteiger partial charge on any atom is -0.304 e. The molecule has 0 aliphatic carbocycles. The molecule has 0 unspecified atom stereocenters. The Labute approximate surface area is 70.9 Å². The zero-order valence-corrected chi connectivity index (χ0v) is 7.52. The van der Waals surface area contributed by atoms with Gasteiger partial charge in [-0.05, 0) is 0 Å². The molecule has 11 heavy (non-hydrogen) atoms. The monoisotopic (exact) mass is 167 g/mol. The molecule has 0 spiro atoms. The van der Waals surface area contributed by atoms with Crippen LogP contribution in [0.4, 0.5) is 0 Å². The SMILES string of the molecule is CC(C)(Bc1nccs1)C=O. The van der Waals surface area contributed by atoms with E-state index >= 15 is 0 Å². The highest BCUT2D eigenvalue weighted by molar-refractivity contribution is 7.19. The van der Waals surface area contributed by atoms with Crippen LogP contribution in [0.2, 0.25) is 5.31 Å². The summed E-state index contributed by atoms with van der Waals surface area (Å²) in [6.07, 6.45) is 2.75. The summed E-state index contributed by atoms with van der Waals surface area (Å²) in [5.74, 6) is 0. The zero-order chi connectivity index (χ0) is 8.32. The van der Waals surface area contributed by atoms with Crippen LogP contribution in [-0.4, -0.2) is 18.5 Å². The van der Waals surface area contributed by atoms with E-state index in [9.17, 15) is 4.79 Å². The van der Waals surface area contributed by atoms with E-state index in [2.05, 4.69) is 4.98 Å². The molecular weight excluding hydrogens is 157 g/mol. The molecule has 0 fully saturated rings. The van der Waals surface area contributed by atoms with E-state index in [0.717, 1.165) is 18.5 Å². The van der Waals surface area contributed by atoms with Crippen LogP contribution in [0.3, 0.4) is 0 Å². The maximum absolute atomic E-state index is 10.5. The lowest BCUT2D eigenvalue weighted by Gasteiger charge is -2.11. The topological polar surface area (TPSA) is 30.0 Å². The van der Waals surface area contributed by atoms with Crippen LogP contribution in [0, 0.1) is 0 Å². The fraction of sp³-hybridized carbons (Fsp3) is 0.429. The summed E-state index contributed by atoms with van der Waals surface area (Å²) >= 11 is 1.60. The summed E-state index contributed by atoms with van der Waals surface area (Å²) in [4.78, 5) is 15.7. The van der Waals surface area contributed by atoms with Gasteiger partial charge in [-0.3, -0.25) is 4.98 Å². The first kappa shape index (κ1) is 8.46. The van der Waals surface area contributed by atoms with Gasteiger partial charge in [-0.1, -0.05) is 13.8 Å². The van der Waals surface area contributed by atoms with Crippen LogP contribution in [0.5, 0.6) is 0 Å². The Balaban J connectivity index is 2.63. The van der Waals surface area contributed by atoms with Gasteiger partial charge in [-0.2, -0.15) is 0 Å². The standard InChI is InChI=1S/C7H10BNOS/c1-7(2,5-10)8-6-9-3-4-11-6/h3-5,8H,1-2H3. The Kier molecular flexibility index (Phi) is 2.44. The Morgan fingerprint density at radius 2 is 2.45 bits per heavy atom. The molecule has 0 saturated carbocycles. The molecule has 0 aliphatic heterocycles. The van der Waals surface area contributed by atoms with Gasteiger partial charge >= 0.3 is 0 Å². The van der Waals surface area contributed by atoms with Gasteiger partial charge in [0.15, 0.2) is 0 Å². The molecule has 0 aromatic carbocycles. The Morgan fingerprint density at radius 1 is 1.73 bits per heavy atom. The molecule has 0 atom stereocenters. The largest absolute Gasteiger partial charge is 0.304 e. The van der Waals surface area contributed by atoms with Crippen molar-refractivity contribution in [1.82, 2.24) is 4.98 Å². The summed E-state index contributed by atoms with van der Waals surface area (Å²) in [5, 5.41) is 1.66. The van der Waals surface area contributed by atoms with Crippen molar-refractivity contribution in [3.8, 4) is 0 Å². The average molecular weight is 167 g/mol. The summed E-state index contributed by atoms with van der Waals surface area (Å²) in [5.41, 5.74) is 0. The minimum absolute atomic E-state index is 0.266. The third-order valence-electron chi connectivity index (χ3n) is 1.41. The number of hydrogen-bond acceptors (Lipinski definition) is 3. The van der Waals surface area contributed by atoms with Gasteiger partial charge in [0.05, 0.1) is 4.91 Å². The molecule has 58 valence electrons. The molecule has 1 aromatic rings. The highest BCUT2D eigenvalue weighted by Crippen LogP contribution is 2.17. The maximum Gasteiger partial charge on any atom is 0.209 e. The van der Waals surface area contributed by atoms with Crippen molar-refractivity contribution in [1.29, 1.82) is 0 Å². The van der Waals surface area contributed by atoms with Gasteiger partial charge in [0.1, 0.15) is 6.29 Å². The van der Waals surface area contributed by atoms with Gasteiger partial charge in [0.2, 0.25) is 7.28 Å². The smallest absolute Gasteiger partial charge is 0.209 e. The third-order valence-corrected chi connectivity index (χ3v) is 2.19. The first-order valence-electron chi connectivity index (χ1n) is 3.49. The van der Waals surface area contributed by atoms with Crippen LogP contribution in [0.25, 0.3) is 0 Å². The van der Waals surface area contributed by atoms with Crippen molar-refractivity contribution in [2.75, 3.05) is 0 Å². The third kappa shape index (κ3) is 2.46. The maximum atomic E-state index is 10.5. The van der Waals surface area contributed by atoms with Crippen molar-refractivity contribution in [3.05, 3.63) is 11.6 Å². The molecule has 0 saturated heterocycles. The second kappa shape index (κ2) is 3.18. The van der Waals surface area contributed by atoms with Gasteiger partial charge in [0, 0.05) is 16.9 Å². The van der Waals surface area contributed by atoms with Crippen LogP contribution in [-0.2, 0) is 4.79 Å². The van der Waals surface area contributed by atoms with E-state index in [1.165, 1.54) is 0 Å². The average Bonchev–Trinajstić information content (AvgIpc) is 2.39. The first-order valence-corrected chi connectivity index (χ1v) is 4.37. The molecule has 0 aliphatic rings. The van der Waals surface area contributed by atoms with Crippen molar-refractivity contribution in [3.63, 3.8) is 0 Å². The number of aldehydes is 1. The van der Waals surface area contributed by atoms with E-state index in [0.29, 0.717) is 0 Å². The van der Waals surface area contributed by atoms with Gasteiger partial charge in [-0.25, -0.2) is 0 Å². The Hall–Kier alpha value is -0.635. The van der Waals surface area contributed by atoms with Gasteiger partial charge < -0.3 is 4.79 Å². The minimum atomic E-state index is -0.266. The van der Waals surface area contributed by atoms with E-state index in [4.69, 9.17) is 0 Å². The fourth-order valence-electron chi connectivity index (χ4n) is 0.772. The predicted molar refractivity (Wildman–Crippen MR) is 49.0 cm³/mol. The normalized spacial score (nSPS) is 11.1. The summed E-state index contributed by atoms with van der Waals surface area (Å²) < 4.78 is 0. The Morgan fingerprint density at radius 3 is 2.91 bits per heavy atom. The van der Waals surface area contributed by atoms with Crippen LogP contribution in [0.15, 0.2) is 11.6 Å². The number of hydrogen-bond donors (Lipinski definition) is 0. The molecule has 1 rings (SSSR count). The molecule has 0 radical (unpaired) electrons. The number of thiazole rings is 1. The lowest BCUT2D eigenvalue weighted by Crippen LogP contribution is -2.25. The highest BCUT2D eigenvalue weighted by atomic mass is 32.1. The molecule has 0 N–H and O–H groups in total. The second-order valence-corrected chi connectivity index (χ2v) is 4.19. The van der Waals surface area contributed by atoms with E-state index < -0.39 is 0 Å². The highest BCUT2D eigenvalue weighted by Gasteiger charge is 2.20. The summed E-state index contributed by atoms with van der Waals surface area (Å²) in [6, 6.07) is 0. The number of nitrogens with zero attached hydrogens (tertiary/aromatic N) is 1. The molecule has 0 amide bonds. The van der Waals surface area contributed by atoms with Crippen molar-refractivity contribution >= 4 is 29.8 Å². The number of rotatable bonds is 3. The molecule has 1 heterocycles. The lowest BCUT2D eigenvalue weighted by molar-refractivity contribution is -0.109. The lowest BCUT2D eigenvalue weighted by atomic mass is 9.55. The van der Waals surface area contributed by atoms with Crippen LogP contribution in [0.1, 0.15) is 13.8 Å². The van der Waals surface area contributed by atoms with Crippen molar-refractivity contribution < 1.29 is 4.79 Å².